The van der Waals surface area contributed by atoms with Crippen LogP contribution in [-0.2, 0) is 18.9 Å². The van der Waals surface area contributed by atoms with Crippen LogP contribution in [0.3, 0.4) is 0 Å². The van der Waals surface area contributed by atoms with Crippen molar-refractivity contribution in [3.63, 3.8) is 0 Å². The normalized spacial score (nSPS) is 21.8. The van der Waals surface area contributed by atoms with Gasteiger partial charge in [0.1, 0.15) is 17.4 Å². The lowest BCUT2D eigenvalue weighted by Crippen LogP contribution is -2.63. The highest BCUT2D eigenvalue weighted by Gasteiger charge is 2.55. The molecule has 0 radical (unpaired) electrons. The van der Waals surface area contributed by atoms with E-state index in [1.807, 2.05) is 0 Å². The van der Waals surface area contributed by atoms with Crippen molar-refractivity contribution in [2.45, 2.75) is 18.3 Å². The minimum Gasteiger partial charge on any atom is -0.461 e. The largest absolute Gasteiger partial charge is 0.461 e. The molecule has 3 rings (SSSR count). The summed E-state index contributed by atoms with van der Waals surface area (Å²) in [6, 6.07) is 4.74. The summed E-state index contributed by atoms with van der Waals surface area (Å²) in [5, 5.41) is 10.1. The highest BCUT2D eigenvalue weighted by molar-refractivity contribution is 8.00. The molecule has 0 unspecified atom stereocenters. The third kappa shape index (κ3) is 4.40. The van der Waals surface area contributed by atoms with E-state index in [9.17, 15) is 34.1 Å². The lowest BCUT2D eigenvalue weighted by Gasteiger charge is -2.48. The number of carbonyl (C=O) groups is 2. The third-order valence-electron chi connectivity index (χ3n) is 4.20. The van der Waals surface area contributed by atoms with E-state index in [1.165, 1.54) is 49.2 Å². The number of benzene rings is 1. The molecule has 1 saturated heterocycles. The molecule has 0 saturated carbocycles. The van der Waals surface area contributed by atoms with Crippen LogP contribution in [0.4, 0.5) is 5.69 Å². The van der Waals surface area contributed by atoms with E-state index in [4.69, 9.17) is 4.74 Å². The number of non-ortho nitro benzene ring substituents is 1. The van der Waals surface area contributed by atoms with Gasteiger partial charge in [0.05, 0.1) is 4.92 Å². The molecule has 0 aromatic heterocycles. The van der Waals surface area contributed by atoms with Gasteiger partial charge in [-0.15, -0.1) is 11.8 Å². The maximum atomic E-state index is 12.5. The average molecular weight is 441 g/mol. The Kier molecular flexibility index (Phi) is 5.90. The second-order valence-corrected chi connectivity index (χ2v) is 8.85. The van der Waals surface area contributed by atoms with Gasteiger partial charge in [-0.25, -0.2) is 0 Å². The first-order valence-electron chi connectivity index (χ1n) is 8.23. The molecule has 1 amide bonds. The molecular formula is C16H16N3O8PS. The summed E-state index contributed by atoms with van der Waals surface area (Å²) in [6.07, 6.45) is 1.39. The van der Waals surface area contributed by atoms with Crippen molar-refractivity contribution in [1.29, 1.82) is 0 Å². The molecule has 154 valence electrons. The molecule has 0 aliphatic carbocycles. The molecular weight excluding hydrogens is 425 g/mol. The molecule has 2 aliphatic heterocycles. The molecule has 2 N–H and O–H groups in total. The predicted molar refractivity (Wildman–Crippen MR) is 103 cm³/mol. The Morgan fingerprint density at radius 3 is 2.66 bits per heavy atom. The Hall–Kier alpha value is -2.53. The van der Waals surface area contributed by atoms with Crippen molar-refractivity contribution in [3.8, 4) is 0 Å². The minimum atomic E-state index is -4.79. The van der Waals surface area contributed by atoms with Crippen molar-refractivity contribution in [3.05, 3.63) is 51.0 Å². The van der Waals surface area contributed by atoms with Crippen LogP contribution in [0, 0.1) is 10.1 Å². The Morgan fingerprint density at radius 2 is 2.10 bits per heavy atom. The Labute approximate surface area is 168 Å². The van der Waals surface area contributed by atoms with E-state index in [1.54, 1.807) is 0 Å². The quantitative estimate of drug-likeness (QED) is 0.165. The minimum absolute atomic E-state index is 0.0763. The van der Waals surface area contributed by atoms with Gasteiger partial charge >= 0.3 is 13.6 Å². The van der Waals surface area contributed by atoms with Gasteiger partial charge in [-0.1, -0.05) is 0 Å². The van der Waals surface area contributed by atoms with Crippen molar-refractivity contribution in [2.75, 3.05) is 12.4 Å². The summed E-state index contributed by atoms with van der Waals surface area (Å²) in [4.78, 5) is 58.3. The number of fused-ring (bicyclic) bond motifs is 1. The number of aliphatic imine (C=N–C) groups is 1. The van der Waals surface area contributed by atoms with E-state index in [-0.39, 0.29) is 23.6 Å². The number of ether oxygens (including phenoxy) is 1. The number of hydrogen-bond donors (Lipinski definition) is 2. The number of nitrogens with zero attached hydrogens (tertiary/aromatic N) is 3. The average Bonchev–Trinajstić information content (AvgIpc) is 2.65. The first-order valence-corrected chi connectivity index (χ1v) is 10.9. The molecule has 29 heavy (non-hydrogen) atoms. The number of amides is 1. The molecule has 1 aromatic carbocycles. The highest BCUT2D eigenvalue weighted by atomic mass is 32.2. The molecule has 2 heterocycles. The van der Waals surface area contributed by atoms with Crippen LogP contribution in [0.2, 0.25) is 0 Å². The van der Waals surface area contributed by atoms with E-state index >= 15 is 0 Å². The monoisotopic (exact) mass is 441 g/mol. The van der Waals surface area contributed by atoms with Crippen LogP contribution in [-0.4, -0.2) is 61.5 Å². The fraction of sp³-hybridized carbons (Fsp3) is 0.312. The zero-order chi connectivity index (χ0) is 21.3. The number of esters is 1. The molecule has 0 spiro atoms. The lowest BCUT2D eigenvalue weighted by molar-refractivity contribution is -0.384. The second-order valence-electron chi connectivity index (χ2n) is 6.23. The highest BCUT2D eigenvalue weighted by Crippen LogP contribution is 2.56. The lowest BCUT2D eigenvalue weighted by atomic mass is 10.1. The number of hydrogen-bond acceptors (Lipinski definition) is 8. The molecule has 11 nitrogen and oxygen atoms in total. The SMILES string of the molecule is CC(=O)OCC1=C(P(=O)(O)O)N2C(=O)[C@H](N=Cc3ccc([N+](=O)[O-])cc3)[C@@H]2SC1. The Balaban J connectivity index is 1.79. The van der Waals surface area contributed by atoms with Gasteiger partial charge in [0.25, 0.3) is 11.6 Å². The number of thioether (sulfide) groups is 1. The number of carbonyl (C=O) groups excluding carboxylic acids is 2. The topological polar surface area (TPSA) is 160 Å². The summed E-state index contributed by atoms with van der Waals surface area (Å²) in [5.74, 6) is -1.01. The van der Waals surface area contributed by atoms with Crippen molar-refractivity contribution >= 4 is 43.1 Å². The van der Waals surface area contributed by atoms with Gasteiger partial charge in [-0.3, -0.25) is 34.2 Å². The van der Waals surface area contributed by atoms with Crippen LogP contribution >= 0.6 is 19.4 Å². The summed E-state index contributed by atoms with van der Waals surface area (Å²) in [5.41, 5.74) is 0.215. The first-order chi connectivity index (χ1) is 13.6. The third-order valence-corrected chi connectivity index (χ3v) is 6.61. The smallest absolute Gasteiger partial charge is 0.372 e. The maximum absolute atomic E-state index is 12.5. The summed E-state index contributed by atoms with van der Waals surface area (Å²) < 4.78 is 16.8. The maximum Gasteiger partial charge on any atom is 0.372 e. The Morgan fingerprint density at radius 1 is 1.45 bits per heavy atom. The standard InChI is InChI=1S/C16H16N3O8PS/c1-9(20)27-7-11-8-29-16-13(14(21)18(16)15(11)28(24,25)26)17-6-10-2-4-12(5-3-10)19(22)23/h2-6,13,16H,7-8H2,1H3,(H2,24,25,26)/t13-,16-/m0/s1. The number of nitro benzene ring substituents is 1. The van der Waals surface area contributed by atoms with Gasteiger partial charge in [-0.2, -0.15) is 0 Å². The summed E-state index contributed by atoms with van der Waals surface area (Å²) >= 11 is 1.26. The fourth-order valence-electron chi connectivity index (χ4n) is 2.89. The van der Waals surface area contributed by atoms with Crippen LogP contribution in [0.1, 0.15) is 12.5 Å². The van der Waals surface area contributed by atoms with Gasteiger partial charge < -0.3 is 14.5 Å². The molecule has 2 aliphatic rings. The predicted octanol–water partition coefficient (Wildman–Crippen LogP) is 1.25. The van der Waals surface area contributed by atoms with E-state index in [0.717, 1.165) is 4.90 Å². The zero-order valence-corrected chi connectivity index (χ0v) is 16.7. The second kappa shape index (κ2) is 8.07. The van der Waals surface area contributed by atoms with Crippen molar-refractivity contribution < 1.29 is 33.6 Å². The summed E-state index contributed by atoms with van der Waals surface area (Å²) in [6.45, 7) is 0.865. The van der Waals surface area contributed by atoms with Crippen LogP contribution in [0.15, 0.2) is 40.3 Å². The van der Waals surface area contributed by atoms with E-state index < -0.39 is 41.2 Å². The zero-order valence-electron chi connectivity index (χ0n) is 15.0. The van der Waals surface area contributed by atoms with Crippen molar-refractivity contribution in [2.24, 2.45) is 4.99 Å². The number of β-lactam (4-membered cyclic amide) rings is 1. The number of rotatable bonds is 6. The van der Waals surface area contributed by atoms with Crippen LogP contribution in [0.25, 0.3) is 0 Å². The number of nitro groups is 1. The first kappa shape index (κ1) is 21.2. The van der Waals surface area contributed by atoms with Gasteiger partial charge in [0.15, 0.2) is 6.04 Å². The van der Waals surface area contributed by atoms with Gasteiger partial charge in [0.2, 0.25) is 0 Å². The van der Waals surface area contributed by atoms with Gasteiger partial charge in [0, 0.05) is 36.6 Å². The molecule has 13 heteroatoms. The molecule has 0 bridgehead atoms. The Bertz CT molecular complexity index is 971. The van der Waals surface area contributed by atoms with Crippen LogP contribution in [0.5, 0.6) is 0 Å². The van der Waals surface area contributed by atoms with Crippen LogP contribution < -0.4 is 0 Å². The van der Waals surface area contributed by atoms with E-state index in [0.29, 0.717) is 5.56 Å². The summed E-state index contributed by atoms with van der Waals surface area (Å²) in [7, 11) is -4.79. The fourth-order valence-corrected chi connectivity index (χ4v) is 5.45. The van der Waals surface area contributed by atoms with Gasteiger partial charge in [-0.05, 0) is 17.7 Å². The van der Waals surface area contributed by atoms with Crippen molar-refractivity contribution in [1.82, 2.24) is 4.90 Å². The molecule has 2 atom stereocenters. The van der Waals surface area contributed by atoms with E-state index in [2.05, 4.69) is 4.99 Å². The molecule has 1 fully saturated rings. The molecule has 1 aromatic rings.